The van der Waals surface area contributed by atoms with Crippen LogP contribution in [0.25, 0.3) is 0 Å². The van der Waals surface area contributed by atoms with E-state index in [4.69, 9.17) is 19.3 Å². The van der Waals surface area contributed by atoms with Crippen LogP contribution < -0.4 is 24.8 Å². The summed E-state index contributed by atoms with van der Waals surface area (Å²) in [5, 5.41) is 15.5. The maximum atomic E-state index is 12.4. The first-order valence-corrected chi connectivity index (χ1v) is 13.2. The number of carboxylic acid groups (broad SMARTS) is 1. The van der Waals surface area contributed by atoms with Crippen LogP contribution in [0.2, 0.25) is 0 Å². The summed E-state index contributed by atoms with van der Waals surface area (Å²) >= 11 is 0.888. The minimum Gasteiger partial charge on any atom is -0.493 e. The Morgan fingerprint density at radius 3 is 2.19 bits per heavy atom. The van der Waals surface area contributed by atoms with Crippen LogP contribution in [0.15, 0.2) is 12.1 Å². The maximum Gasteiger partial charge on any atom is 0.347 e. The number of nitrogens with one attached hydrogen (secondary N) is 2. The lowest BCUT2D eigenvalue weighted by molar-refractivity contribution is 0.0701. The number of benzene rings is 1. The van der Waals surface area contributed by atoms with Gasteiger partial charge in [0.2, 0.25) is 5.75 Å². The monoisotopic (exact) mass is 521 g/mol. The van der Waals surface area contributed by atoms with Gasteiger partial charge in [0.05, 0.1) is 27.0 Å². The van der Waals surface area contributed by atoms with Gasteiger partial charge in [-0.25, -0.2) is 9.78 Å². The van der Waals surface area contributed by atoms with Crippen LogP contribution in [-0.4, -0.2) is 55.9 Å². The molecule has 0 spiro atoms. The van der Waals surface area contributed by atoms with Gasteiger partial charge in [-0.1, -0.05) is 50.4 Å². The standard InChI is InChI=1S/C15H16N2O6S.C11H23N/c1-7-12(14(19)20)24-15(16-7)17-13(18)8-5-9(21-2)11(23-4)10(6-8)22-3;1-2-3-7-10-12-11-8-5-4-6-9-11/h5-6H,1-4H3,(H,19,20)(H,16,17,18);11-12H,2-10H2,1H3. The molecule has 9 nitrogen and oxygen atoms in total. The van der Waals surface area contributed by atoms with Crippen molar-refractivity contribution < 1.29 is 28.9 Å². The third kappa shape index (κ3) is 8.67. The highest BCUT2D eigenvalue weighted by Gasteiger charge is 2.20. The maximum absolute atomic E-state index is 12.4. The number of hydrogen-bond donors (Lipinski definition) is 3. The lowest BCUT2D eigenvalue weighted by atomic mass is 9.95. The highest BCUT2D eigenvalue weighted by Crippen LogP contribution is 2.38. The number of ether oxygens (including phenoxy) is 3. The SMILES string of the molecule is CCCCCNC1CCCCC1.COc1cc(C(=O)Nc2nc(C)c(C(=O)O)s2)cc(OC)c1OC. The molecule has 0 bridgehead atoms. The number of carbonyl (C=O) groups excluding carboxylic acids is 1. The van der Waals surface area contributed by atoms with Gasteiger partial charge in [0.15, 0.2) is 16.6 Å². The smallest absolute Gasteiger partial charge is 0.347 e. The van der Waals surface area contributed by atoms with Crippen LogP contribution in [0.5, 0.6) is 17.2 Å². The van der Waals surface area contributed by atoms with Crippen molar-refractivity contribution in [3.63, 3.8) is 0 Å². The van der Waals surface area contributed by atoms with E-state index >= 15 is 0 Å². The zero-order valence-corrected chi connectivity index (χ0v) is 22.8. The van der Waals surface area contributed by atoms with Gasteiger partial charge in [-0.05, 0) is 44.9 Å². The predicted octanol–water partition coefficient (Wildman–Crippen LogP) is 5.53. The number of nitrogens with zero attached hydrogens (tertiary/aromatic N) is 1. The van der Waals surface area contributed by atoms with E-state index in [0.717, 1.165) is 17.4 Å². The first-order valence-electron chi connectivity index (χ1n) is 12.4. The molecule has 10 heteroatoms. The van der Waals surface area contributed by atoms with Crippen molar-refractivity contribution in [2.45, 2.75) is 71.3 Å². The molecular formula is C26H39N3O6S. The number of aromatic nitrogens is 1. The molecule has 2 aromatic rings. The fourth-order valence-electron chi connectivity index (χ4n) is 4.02. The third-order valence-corrected chi connectivity index (χ3v) is 7.02. The van der Waals surface area contributed by atoms with Crippen LogP contribution in [0.1, 0.15) is 84.0 Å². The Morgan fingerprint density at radius 2 is 1.69 bits per heavy atom. The number of aryl methyl sites for hydroxylation is 1. The zero-order chi connectivity index (χ0) is 26.5. The Labute approximate surface area is 217 Å². The van der Waals surface area contributed by atoms with E-state index in [2.05, 4.69) is 22.5 Å². The van der Waals surface area contributed by atoms with E-state index in [1.807, 2.05) is 0 Å². The van der Waals surface area contributed by atoms with Crippen molar-refractivity contribution in [3.8, 4) is 17.2 Å². The number of unbranched alkanes of at least 4 members (excludes halogenated alkanes) is 2. The normalized spacial score (nSPS) is 13.4. The predicted molar refractivity (Wildman–Crippen MR) is 142 cm³/mol. The third-order valence-electron chi connectivity index (χ3n) is 5.96. The molecule has 1 aliphatic rings. The zero-order valence-electron chi connectivity index (χ0n) is 21.9. The van der Waals surface area contributed by atoms with Gasteiger partial charge in [-0.2, -0.15) is 0 Å². The summed E-state index contributed by atoms with van der Waals surface area (Å²) in [6.07, 6.45) is 11.3. The van der Waals surface area contributed by atoms with E-state index < -0.39 is 11.9 Å². The Balaban J connectivity index is 0.000000319. The molecule has 3 rings (SSSR count). The van der Waals surface area contributed by atoms with Gasteiger partial charge in [-0.15, -0.1) is 0 Å². The number of thiazole rings is 1. The van der Waals surface area contributed by atoms with Crippen LogP contribution in [0, 0.1) is 6.92 Å². The Kier molecular flexibility index (Phi) is 12.5. The molecule has 0 saturated heterocycles. The first-order chi connectivity index (χ1) is 17.3. The van der Waals surface area contributed by atoms with E-state index in [0.29, 0.717) is 22.9 Å². The van der Waals surface area contributed by atoms with E-state index in [-0.39, 0.29) is 15.6 Å². The molecule has 0 atom stereocenters. The molecule has 36 heavy (non-hydrogen) atoms. The summed E-state index contributed by atoms with van der Waals surface area (Å²) < 4.78 is 15.6. The molecule has 1 aromatic carbocycles. The number of carboxylic acids is 1. The lowest BCUT2D eigenvalue weighted by Crippen LogP contribution is -2.31. The molecule has 200 valence electrons. The quantitative estimate of drug-likeness (QED) is 0.330. The molecule has 3 N–H and O–H groups in total. The molecule has 1 amide bonds. The Morgan fingerprint density at radius 1 is 1.06 bits per heavy atom. The lowest BCUT2D eigenvalue weighted by Gasteiger charge is -2.22. The largest absolute Gasteiger partial charge is 0.493 e. The highest BCUT2D eigenvalue weighted by atomic mass is 32.1. The van der Waals surface area contributed by atoms with E-state index in [1.54, 1.807) is 6.92 Å². The van der Waals surface area contributed by atoms with Gasteiger partial charge in [0.1, 0.15) is 4.88 Å². The summed E-state index contributed by atoms with van der Waals surface area (Å²) in [7, 11) is 4.36. The number of hydrogen-bond acceptors (Lipinski definition) is 8. The van der Waals surface area contributed by atoms with Gasteiger partial charge in [-0.3, -0.25) is 10.1 Å². The number of amides is 1. The summed E-state index contributed by atoms with van der Waals surface area (Å²) in [4.78, 5) is 27.5. The van der Waals surface area contributed by atoms with Crippen LogP contribution in [0.4, 0.5) is 5.13 Å². The topological polar surface area (TPSA) is 119 Å². The van der Waals surface area contributed by atoms with Crippen LogP contribution in [0.3, 0.4) is 0 Å². The van der Waals surface area contributed by atoms with Crippen molar-refractivity contribution in [2.24, 2.45) is 0 Å². The molecular weight excluding hydrogens is 482 g/mol. The average Bonchev–Trinajstić information content (AvgIpc) is 3.26. The fraction of sp³-hybridized carbons (Fsp3) is 0.577. The second kappa shape index (κ2) is 15.3. The summed E-state index contributed by atoms with van der Waals surface area (Å²) in [5.74, 6) is -0.514. The van der Waals surface area contributed by atoms with E-state index in [1.165, 1.54) is 91.4 Å². The van der Waals surface area contributed by atoms with Crippen molar-refractivity contribution in [1.82, 2.24) is 10.3 Å². The Bertz CT molecular complexity index is 963. The molecule has 1 fully saturated rings. The van der Waals surface area contributed by atoms with Crippen molar-refractivity contribution in [1.29, 1.82) is 0 Å². The summed E-state index contributed by atoms with van der Waals surface area (Å²) in [6.45, 7) is 5.08. The molecule has 1 aromatic heterocycles. The van der Waals surface area contributed by atoms with Crippen LogP contribution >= 0.6 is 11.3 Å². The number of carbonyl (C=O) groups is 2. The minimum absolute atomic E-state index is 0.0789. The molecule has 1 saturated carbocycles. The van der Waals surface area contributed by atoms with Crippen molar-refractivity contribution in [2.75, 3.05) is 33.2 Å². The molecule has 0 radical (unpaired) electrons. The number of methoxy groups -OCH3 is 3. The van der Waals surface area contributed by atoms with Gasteiger partial charge in [0, 0.05) is 11.6 Å². The van der Waals surface area contributed by atoms with E-state index in [9.17, 15) is 9.59 Å². The Hall–Kier alpha value is -2.85. The number of anilines is 1. The van der Waals surface area contributed by atoms with Gasteiger partial charge < -0.3 is 24.6 Å². The van der Waals surface area contributed by atoms with Gasteiger partial charge >= 0.3 is 5.97 Å². The minimum atomic E-state index is -1.08. The molecule has 1 aliphatic carbocycles. The molecule has 0 unspecified atom stereocenters. The number of aromatic carboxylic acids is 1. The van der Waals surface area contributed by atoms with Crippen molar-refractivity contribution >= 4 is 28.3 Å². The summed E-state index contributed by atoms with van der Waals surface area (Å²) in [5.41, 5.74) is 0.599. The van der Waals surface area contributed by atoms with Gasteiger partial charge in [0.25, 0.3) is 5.91 Å². The fourth-order valence-corrected chi connectivity index (χ4v) is 4.82. The van der Waals surface area contributed by atoms with Crippen molar-refractivity contribution in [3.05, 3.63) is 28.3 Å². The highest BCUT2D eigenvalue weighted by molar-refractivity contribution is 7.17. The van der Waals surface area contributed by atoms with Crippen LogP contribution in [-0.2, 0) is 0 Å². The average molecular weight is 522 g/mol. The molecule has 0 aliphatic heterocycles. The first kappa shape index (κ1) is 29.4. The second-order valence-corrected chi connectivity index (χ2v) is 9.60. The second-order valence-electron chi connectivity index (χ2n) is 8.60. The molecule has 1 heterocycles. The number of rotatable bonds is 11. The summed E-state index contributed by atoms with van der Waals surface area (Å²) in [6, 6.07) is 3.85.